The number of nitrogens with zero attached hydrogens (tertiary/aromatic N) is 3. The van der Waals surface area contributed by atoms with Gasteiger partial charge in [0.05, 0.1) is 24.5 Å². The summed E-state index contributed by atoms with van der Waals surface area (Å²) >= 11 is 0. The van der Waals surface area contributed by atoms with Gasteiger partial charge >= 0.3 is 39.3 Å². The lowest BCUT2D eigenvalue weighted by molar-refractivity contribution is -0.145. The molecule has 3 rings (SSSR count). The van der Waals surface area contributed by atoms with Crippen molar-refractivity contribution in [2.75, 3.05) is 39.3 Å². The van der Waals surface area contributed by atoms with E-state index in [-0.39, 0.29) is 88.3 Å². The molecule has 0 aromatic rings. The zero-order valence-corrected chi connectivity index (χ0v) is 40.3. The molecule has 26 nitrogen and oxygen atoms in total. The van der Waals surface area contributed by atoms with Crippen molar-refractivity contribution in [3.63, 3.8) is 0 Å². The van der Waals surface area contributed by atoms with Gasteiger partial charge in [0.15, 0.2) is 0 Å². The summed E-state index contributed by atoms with van der Waals surface area (Å²) in [5.74, 6) is -6.57. The van der Waals surface area contributed by atoms with Crippen LogP contribution in [-0.4, -0.2) is 197 Å². The third kappa shape index (κ3) is 18.6. The maximum absolute atomic E-state index is 12.5. The number of hydrogen-bond acceptors (Lipinski definition) is 19. The number of amides is 4. The fraction of sp³-hybridized carbons (Fsp3) is 0.825. The van der Waals surface area contributed by atoms with Crippen LogP contribution in [0.15, 0.2) is 0 Å². The molecule has 0 aromatic carbocycles. The Bertz CT molecular complexity index is 1730. The average Bonchev–Trinajstić information content (AvgIpc) is 3.90. The van der Waals surface area contributed by atoms with Crippen LogP contribution in [-0.2, 0) is 33.6 Å². The van der Waals surface area contributed by atoms with Crippen LogP contribution in [0, 0.1) is 29.6 Å². The van der Waals surface area contributed by atoms with Crippen molar-refractivity contribution >= 4 is 62.9 Å². The van der Waals surface area contributed by atoms with Gasteiger partial charge in [-0.15, -0.1) is 0 Å². The molecule has 0 radical (unpaired) electrons. The van der Waals surface area contributed by atoms with Crippen LogP contribution in [0.2, 0.25) is 19.0 Å². The number of likely N-dealkylation sites (tertiary alicyclic amines) is 3. The summed E-state index contributed by atoms with van der Waals surface area (Å²) in [6.45, 7) is 7.92. The van der Waals surface area contributed by atoms with Gasteiger partial charge in [-0.05, 0) is 56.5 Å². The highest BCUT2D eigenvalue weighted by Gasteiger charge is 2.53. The number of carbonyl (C=O) groups excluding carboxylic acids is 4. The summed E-state index contributed by atoms with van der Waals surface area (Å²) in [6, 6.07) is -2.47. The van der Waals surface area contributed by atoms with Gasteiger partial charge in [-0.1, -0.05) is 53.4 Å². The van der Waals surface area contributed by atoms with Gasteiger partial charge in [0.2, 0.25) is 23.6 Å². The van der Waals surface area contributed by atoms with Crippen LogP contribution in [0.1, 0.15) is 85.5 Å². The van der Waals surface area contributed by atoms with E-state index < -0.39 is 104 Å². The Hall–Kier alpha value is -4.00. The number of carbonyl (C=O) groups is 7. The van der Waals surface area contributed by atoms with E-state index in [1.54, 1.807) is 0 Å². The molecule has 4 amide bonds. The van der Waals surface area contributed by atoms with E-state index in [0.717, 1.165) is 6.42 Å². The van der Waals surface area contributed by atoms with E-state index in [1.807, 2.05) is 27.7 Å². The topological polar surface area (TPSA) is 493 Å². The SMILES string of the molecule is CC(C)C[C@H](N)C(=O)N1C[C@H](CCCB(O)O)[C@](N)(C(=O)O)C1.CC[C@H](C)[C@H](N)C(=O)N1C[C@H](CCCB(O)O)[C@](N)(C(=O)O)C1.NC(=O)C[C@H](N)C(=O)N1C[C@H](CCCB(O)O)[C@](N)(C(=O)O)C1. The maximum atomic E-state index is 12.5. The van der Waals surface area contributed by atoms with Crippen molar-refractivity contribution in [2.24, 2.45) is 69.7 Å². The summed E-state index contributed by atoms with van der Waals surface area (Å²) in [5.41, 5.74) is 35.8. The number of carboxylic acid groups (broad SMARTS) is 3. The summed E-state index contributed by atoms with van der Waals surface area (Å²) in [5, 5.41) is 81.5. The van der Waals surface area contributed by atoms with Crippen LogP contribution < -0.4 is 40.1 Å². The van der Waals surface area contributed by atoms with E-state index in [0.29, 0.717) is 44.9 Å². The molecule has 0 aliphatic carbocycles. The normalized spacial score (nSPS) is 25.9. The van der Waals surface area contributed by atoms with Gasteiger partial charge in [0.25, 0.3) is 0 Å². The molecule has 3 saturated heterocycles. The largest absolute Gasteiger partial charge is 0.480 e. The second-order valence-electron chi connectivity index (χ2n) is 19.4. The van der Waals surface area contributed by atoms with Gasteiger partial charge in [-0.25, -0.2) is 0 Å². The molecule has 0 aromatic heterocycles. The smallest absolute Gasteiger partial charge is 0.451 e. The Morgan fingerprint density at radius 3 is 1.13 bits per heavy atom. The van der Waals surface area contributed by atoms with Gasteiger partial charge < -0.3 is 100 Å². The molecule has 3 aliphatic rings. The number of rotatable bonds is 24. The highest BCUT2D eigenvalue weighted by atomic mass is 16.4. The molecule has 3 heterocycles. The minimum absolute atomic E-state index is 0.00286. The van der Waals surface area contributed by atoms with E-state index >= 15 is 0 Å². The highest BCUT2D eigenvalue weighted by Crippen LogP contribution is 2.34. The van der Waals surface area contributed by atoms with Crippen molar-refractivity contribution in [3.05, 3.63) is 0 Å². The molecule has 0 spiro atoms. The quantitative estimate of drug-likeness (QED) is 0.0401. The van der Waals surface area contributed by atoms with Gasteiger partial charge in [-0.3, -0.25) is 33.6 Å². The zero-order chi connectivity index (χ0) is 53.4. The first-order chi connectivity index (χ1) is 31.8. The number of carboxylic acids is 3. The number of hydrogen-bond donors (Lipinski definition) is 16. The second-order valence-corrected chi connectivity index (χ2v) is 19.4. The molecule has 0 bridgehead atoms. The number of primary amides is 1. The Morgan fingerprint density at radius 2 is 0.870 bits per heavy atom. The fourth-order valence-electron chi connectivity index (χ4n) is 8.82. The van der Waals surface area contributed by atoms with Crippen LogP contribution >= 0.6 is 0 Å². The molecule has 0 unspecified atom stereocenters. The average molecular weight is 989 g/mol. The Balaban J connectivity index is 0.000000517. The third-order valence-electron chi connectivity index (χ3n) is 13.4. The van der Waals surface area contributed by atoms with Crippen molar-refractivity contribution in [1.29, 1.82) is 0 Å². The lowest BCUT2D eigenvalue weighted by Crippen LogP contribution is -2.55. The van der Waals surface area contributed by atoms with Gasteiger partial charge in [0.1, 0.15) is 16.6 Å². The first-order valence-corrected chi connectivity index (χ1v) is 23.3. The molecular formula is C40H79B3N10O16. The van der Waals surface area contributed by atoms with Crippen LogP contribution in [0.3, 0.4) is 0 Å². The number of nitrogens with two attached hydrogens (primary N) is 7. The van der Waals surface area contributed by atoms with Crippen molar-refractivity contribution < 1.29 is 79.0 Å². The molecule has 23 N–H and O–H groups in total. The van der Waals surface area contributed by atoms with E-state index in [9.17, 15) is 48.9 Å². The summed E-state index contributed by atoms with van der Waals surface area (Å²) in [7, 11) is -4.33. The summed E-state index contributed by atoms with van der Waals surface area (Å²) in [6.07, 6.45) is 3.66. The Morgan fingerprint density at radius 1 is 0.565 bits per heavy atom. The van der Waals surface area contributed by atoms with Crippen molar-refractivity contribution in [2.45, 2.75) is 139 Å². The first-order valence-electron chi connectivity index (χ1n) is 23.3. The van der Waals surface area contributed by atoms with Crippen molar-refractivity contribution in [1.82, 2.24) is 14.7 Å². The van der Waals surface area contributed by atoms with Crippen LogP contribution in [0.25, 0.3) is 0 Å². The van der Waals surface area contributed by atoms with Crippen LogP contribution in [0.5, 0.6) is 0 Å². The predicted molar refractivity (Wildman–Crippen MR) is 253 cm³/mol. The van der Waals surface area contributed by atoms with E-state index in [4.69, 9.17) is 70.3 Å². The highest BCUT2D eigenvalue weighted by molar-refractivity contribution is 6.41. The molecule has 394 valence electrons. The molecule has 3 fully saturated rings. The molecule has 29 heteroatoms. The monoisotopic (exact) mass is 989 g/mol. The zero-order valence-electron chi connectivity index (χ0n) is 40.3. The summed E-state index contributed by atoms with van der Waals surface area (Å²) < 4.78 is 0. The van der Waals surface area contributed by atoms with Gasteiger partial charge in [0, 0.05) is 57.0 Å². The standard InChI is InChI=1S/2C14H28BN3O5.C12H23BN4O6/c1-9(2)6-11(16)12(19)18-7-10(4-3-5-15(22)23)14(17,8-18)13(20)21;1-3-9(2)11(16)12(19)18-7-10(5-4-6-15(22)23)14(17,8-18)13(20)21;14-8(4-9(15)18)10(19)17-5-7(2-1-3-13(22)23)12(16,6-17)11(20)21/h2*9-11,22-23H,3-8,16-17H2,1-2H3,(H,20,21);7-8,22-23H,1-6,14,16H2,(H2,15,18)(H,20,21)/t10-,11-,14-;9-,10-,11-,14-;7-,8-,12-/m000/s1. The molecule has 3 aliphatic heterocycles. The van der Waals surface area contributed by atoms with Crippen molar-refractivity contribution in [3.8, 4) is 0 Å². The van der Waals surface area contributed by atoms with Gasteiger partial charge in [-0.2, -0.15) is 0 Å². The lowest BCUT2D eigenvalue weighted by Gasteiger charge is -2.26. The second kappa shape index (κ2) is 28.1. The third-order valence-corrected chi connectivity index (χ3v) is 13.4. The summed E-state index contributed by atoms with van der Waals surface area (Å²) in [4.78, 5) is 86.6. The molecule has 0 saturated carbocycles. The fourth-order valence-corrected chi connectivity index (χ4v) is 8.82. The molecular weight excluding hydrogens is 909 g/mol. The van der Waals surface area contributed by atoms with E-state index in [2.05, 4.69) is 0 Å². The molecule has 69 heavy (non-hydrogen) atoms. The lowest BCUT2D eigenvalue weighted by atomic mass is 9.78. The maximum Gasteiger partial charge on any atom is 0.451 e. The Labute approximate surface area is 404 Å². The molecule has 10 atom stereocenters. The van der Waals surface area contributed by atoms with E-state index in [1.165, 1.54) is 14.7 Å². The minimum Gasteiger partial charge on any atom is -0.480 e. The van der Waals surface area contributed by atoms with Crippen LogP contribution in [0.4, 0.5) is 0 Å². The minimum atomic E-state index is -1.64. The number of aliphatic carboxylic acids is 3. The first kappa shape index (κ1) is 63.0. The predicted octanol–water partition coefficient (Wildman–Crippen LogP) is -5.61. The Kier molecular flexibility index (Phi) is 25.7.